The van der Waals surface area contributed by atoms with Crippen LogP contribution in [-0.4, -0.2) is 28.8 Å². The molecule has 2 aliphatic heterocycles. The minimum atomic E-state index is 0.601. The van der Waals surface area contributed by atoms with Gasteiger partial charge >= 0.3 is 0 Å². The molecule has 0 aromatic heterocycles. The number of amidine groups is 1. The maximum atomic E-state index is 4.72. The molecule has 2 nitrogen and oxygen atoms in total. The van der Waals surface area contributed by atoms with Gasteiger partial charge in [0, 0.05) is 22.8 Å². The van der Waals surface area contributed by atoms with E-state index in [4.69, 9.17) is 4.99 Å². The van der Waals surface area contributed by atoms with Gasteiger partial charge in [0.2, 0.25) is 0 Å². The van der Waals surface area contributed by atoms with Crippen molar-refractivity contribution in [3.05, 3.63) is 29.8 Å². The summed E-state index contributed by atoms with van der Waals surface area (Å²) >= 11 is 5.47. The van der Waals surface area contributed by atoms with Crippen LogP contribution in [0.2, 0.25) is 0 Å². The van der Waals surface area contributed by atoms with Gasteiger partial charge in [-0.15, -0.1) is 0 Å². The van der Waals surface area contributed by atoms with E-state index in [-0.39, 0.29) is 0 Å². The van der Waals surface area contributed by atoms with E-state index in [9.17, 15) is 0 Å². The molecule has 96 valence electrons. The Balaban J connectivity index is 1.89. The van der Waals surface area contributed by atoms with Crippen LogP contribution < -0.4 is 4.90 Å². The molecule has 0 aliphatic carbocycles. The van der Waals surface area contributed by atoms with Gasteiger partial charge in [0.25, 0.3) is 0 Å². The number of aliphatic imine (C=N–C) groups is 1. The molecule has 1 aromatic rings. The Kier molecular flexibility index (Phi) is 3.66. The standard InChI is InChI=1S/C14H17BrN2S/c1-10-6-11-4-2-3-5-13(11)17(9-10)14-16-8-12(7-15)18-14/h2-5,10,12H,6-9H2,1H3. The fourth-order valence-corrected chi connectivity index (χ4v) is 4.17. The molecule has 3 rings (SSSR count). The molecule has 1 aromatic carbocycles. The molecule has 0 saturated carbocycles. The SMILES string of the molecule is CC1Cc2ccccc2N(C2=NCC(CBr)S2)C1. The van der Waals surface area contributed by atoms with Crippen LogP contribution in [0.25, 0.3) is 0 Å². The largest absolute Gasteiger partial charge is 0.321 e. The van der Waals surface area contributed by atoms with E-state index >= 15 is 0 Å². The number of hydrogen-bond acceptors (Lipinski definition) is 3. The highest BCUT2D eigenvalue weighted by molar-refractivity contribution is 9.09. The van der Waals surface area contributed by atoms with Gasteiger partial charge < -0.3 is 4.90 Å². The smallest absolute Gasteiger partial charge is 0.164 e. The number of fused-ring (bicyclic) bond motifs is 1. The molecular weight excluding hydrogens is 308 g/mol. The topological polar surface area (TPSA) is 15.6 Å². The summed E-state index contributed by atoms with van der Waals surface area (Å²) in [6.45, 7) is 4.36. The van der Waals surface area contributed by atoms with Gasteiger partial charge in [0.15, 0.2) is 5.17 Å². The Bertz CT molecular complexity index is 475. The average Bonchev–Trinajstić information content (AvgIpc) is 2.86. The zero-order chi connectivity index (χ0) is 12.5. The van der Waals surface area contributed by atoms with E-state index in [1.54, 1.807) is 0 Å². The number of rotatable bonds is 1. The van der Waals surface area contributed by atoms with Gasteiger partial charge in [-0.2, -0.15) is 0 Å². The van der Waals surface area contributed by atoms with Crippen molar-refractivity contribution in [2.75, 3.05) is 23.3 Å². The van der Waals surface area contributed by atoms with Crippen LogP contribution in [0, 0.1) is 5.92 Å². The molecular formula is C14H17BrN2S. The maximum absolute atomic E-state index is 4.72. The molecule has 0 N–H and O–H groups in total. The first-order valence-corrected chi connectivity index (χ1v) is 8.40. The zero-order valence-corrected chi connectivity index (χ0v) is 12.9. The van der Waals surface area contributed by atoms with E-state index in [0.717, 1.165) is 18.4 Å². The van der Waals surface area contributed by atoms with Crippen LogP contribution in [0.3, 0.4) is 0 Å². The van der Waals surface area contributed by atoms with Gasteiger partial charge in [-0.3, -0.25) is 4.99 Å². The number of halogens is 1. The van der Waals surface area contributed by atoms with Crippen LogP contribution in [0.5, 0.6) is 0 Å². The molecule has 0 fully saturated rings. The minimum Gasteiger partial charge on any atom is -0.321 e. The van der Waals surface area contributed by atoms with Gasteiger partial charge in [0.1, 0.15) is 0 Å². The fourth-order valence-electron chi connectivity index (χ4n) is 2.61. The maximum Gasteiger partial charge on any atom is 0.164 e. The molecule has 0 amide bonds. The zero-order valence-electron chi connectivity index (χ0n) is 10.5. The van der Waals surface area contributed by atoms with Crippen LogP contribution in [0.1, 0.15) is 12.5 Å². The first-order chi connectivity index (χ1) is 8.78. The van der Waals surface area contributed by atoms with Crippen LogP contribution in [0.4, 0.5) is 5.69 Å². The second kappa shape index (κ2) is 5.25. The number of anilines is 1. The van der Waals surface area contributed by atoms with Gasteiger partial charge in [-0.05, 0) is 24.0 Å². The van der Waals surface area contributed by atoms with Crippen molar-refractivity contribution in [1.29, 1.82) is 0 Å². The van der Waals surface area contributed by atoms with Crippen molar-refractivity contribution in [3.8, 4) is 0 Å². The highest BCUT2D eigenvalue weighted by atomic mass is 79.9. The number of alkyl halides is 1. The molecule has 2 unspecified atom stereocenters. The summed E-state index contributed by atoms with van der Waals surface area (Å²) in [7, 11) is 0. The first-order valence-electron chi connectivity index (χ1n) is 6.40. The van der Waals surface area contributed by atoms with Crippen molar-refractivity contribution in [1.82, 2.24) is 0 Å². The summed E-state index contributed by atoms with van der Waals surface area (Å²) in [5.41, 5.74) is 2.82. The molecule has 2 atom stereocenters. The van der Waals surface area contributed by atoms with Crippen LogP contribution in [-0.2, 0) is 6.42 Å². The molecule has 0 radical (unpaired) electrons. The lowest BCUT2D eigenvalue weighted by molar-refractivity contribution is 0.569. The molecule has 0 saturated heterocycles. The number of benzene rings is 1. The molecule has 2 aliphatic rings. The van der Waals surface area contributed by atoms with Gasteiger partial charge in [-0.1, -0.05) is 52.8 Å². The Hall–Kier alpha value is -0.480. The van der Waals surface area contributed by atoms with Crippen molar-refractivity contribution in [2.45, 2.75) is 18.6 Å². The molecule has 0 bridgehead atoms. The van der Waals surface area contributed by atoms with E-state index in [1.165, 1.54) is 22.8 Å². The van der Waals surface area contributed by atoms with Gasteiger partial charge in [-0.25, -0.2) is 0 Å². The summed E-state index contributed by atoms with van der Waals surface area (Å²) in [5, 5.41) is 2.83. The molecule has 18 heavy (non-hydrogen) atoms. The third kappa shape index (κ3) is 2.32. The normalized spacial score (nSPS) is 27.0. The Morgan fingerprint density at radius 1 is 1.44 bits per heavy atom. The quantitative estimate of drug-likeness (QED) is 0.734. The van der Waals surface area contributed by atoms with Crippen molar-refractivity contribution in [3.63, 3.8) is 0 Å². The van der Waals surface area contributed by atoms with E-state index < -0.39 is 0 Å². The number of para-hydroxylation sites is 1. The lowest BCUT2D eigenvalue weighted by atomic mass is 9.94. The second-order valence-corrected chi connectivity index (χ2v) is 6.98. The van der Waals surface area contributed by atoms with Crippen molar-refractivity contribution in [2.24, 2.45) is 10.9 Å². The van der Waals surface area contributed by atoms with Crippen LogP contribution >= 0.6 is 27.7 Å². The summed E-state index contributed by atoms with van der Waals surface area (Å²) < 4.78 is 0. The summed E-state index contributed by atoms with van der Waals surface area (Å²) in [4.78, 5) is 7.13. The molecule has 2 heterocycles. The first kappa shape index (κ1) is 12.5. The lowest BCUT2D eigenvalue weighted by Gasteiger charge is -2.34. The number of nitrogens with zero attached hydrogens (tertiary/aromatic N) is 2. The predicted octanol–water partition coefficient (Wildman–Crippen LogP) is 3.55. The van der Waals surface area contributed by atoms with Crippen molar-refractivity contribution >= 4 is 38.5 Å². The van der Waals surface area contributed by atoms with E-state index in [2.05, 4.69) is 52.0 Å². The lowest BCUT2D eigenvalue weighted by Crippen LogP contribution is -2.37. The fraction of sp³-hybridized carbons (Fsp3) is 0.500. The number of thioether (sulfide) groups is 1. The van der Waals surface area contributed by atoms with E-state index in [1.807, 2.05) is 11.8 Å². The average molecular weight is 325 g/mol. The molecule has 4 heteroatoms. The third-order valence-corrected chi connectivity index (χ3v) is 5.87. The third-order valence-electron chi connectivity index (χ3n) is 3.45. The minimum absolute atomic E-state index is 0.601. The predicted molar refractivity (Wildman–Crippen MR) is 84.1 cm³/mol. The summed E-state index contributed by atoms with van der Waals surface area (Å²) in [6.07, 6.45) is 1.19. The second-order valence-electron chi connectivity index (χ2n) is 5.07. The summed E-state index contributed by atoms with van der Waals surface area (Å²) in [5.74, 6) is 0.700. The van der Waals surface area contributed by atoms with Crippen LogP contribution in [0.15, 0.2) is 29.3 Å². The highest BCUT2D eigenvalue weighted by Gasteiger charge is 2.29. The summed E-state index contributed by atoms with van der Waals surface area (Å²) in [6, 6.07) is 8.75. The van der Waals surface area contributed by atoms with E-state index in [0.29, 0.717) is 11.2 Å². The Labute approximate surface area is 121 Å². The van der Waals surface area contributed by atoms with Gasteiger partial charge in [0.05, 0.1) is 6.54 Å². The number of hydrogen-bond donors (Lipinski definition) is 0. The highest BCUT2D eigenvalue weighted by Crippen LogP contribution is 2.34. The molecule has 0 spiro atoms. The van der Waals surface area contributed by atoms with Crippen molar-refractivity contribution < 1.29 is 0 Å². The monoisotopic (exact) mass is 324 g/mol. The Morgan fingerprint density at radius 2 is 2.28 bits per heavy atom. The Morgan fingerprint density at radius 3 is 3.06 bits per heavy atom.